The lowest BCUT2D eigenvalue weighted by molar-refractivity contribution is -0.135. The monoisotopic (exact) mass is 642 g/mol. The molecule has 0 bridgehead atoms. The molecule has 1 atom stereocenters. The molecule has 0 unspecified atom stereocenters. The SMILES string of the molecule is CC(C)(C)OC(=O)/N=C(/NCCC[C@@H]1NCCN(CCc2cn(C(=O)OC(C)(C)C)c3ccccc23)C1=O)NC(=O)OC(C)(C)C. The van der Waals surface area contributed by atoms with Gasteiger partial charge in [0.25, 0.3) is 0 Å². The molecule has 3 rings (SSSR count). The van der Waals surface area contributed by atoms with Gasteiger partial charge in [-0.05, 0) is 93.2 Å². The number of piperazine rings is 1. The van der Waals surface area contributed by atoms with Gasteiger partial charge >= 0.3 is 18.3 Å². The molecule has 3 N–H and O–H groups in total. The Morgan fingerprint density at radius 2 is 1.61 bits per heavy atom. The number of hydrogen-bond donors (Lipinski definition) is 3. The minimum atomic E-state index is -0.861. The van der Waals surface area contributed by atoms with Crippen molar-refractivity contribution in [2.24, 2.45) is 4.99 Å². The van der Waals surface area contributed by atoms with Crippen molar-refractivity contribution >= 4 is 41.0 Å². The minimum absolute atomic E-state index is 0.00310. The van der Waals surface area contributed by atoms with E-state index in [9.17, 15) is 19.2 Å². The second-order valence-electron chi connectivity index (χ2n) is 14.2. The molecule has 254 valence electrons. The van der Waals surface area contributed by atoms with Crippen LogP contribution in [0.3, 0.4) is 0 Å². The highest BCUT2D eigenvalue weighted by atomic mass is 16.6. The zero-order valence-electron chi connectivity index (χ0n) is 28.6. The van der Waals surface area contributed by atoms with Crippen molar-refractivity contribution in [1.29, 1.82) is 0 Å². The number of fused-ring (bicyclic) bond motifs is 1. The minimum Gasteiger partial charge on any atom is -0.444 e. The molecule has 1 aromatic carbocycles. The van der Waals surface area contributed by atoms with Crippen LogP contribution in [0.25, 0.3) is 10.9 Å². The highest BCUT2D eigenvalue weighted by Gasteiger charge is 2.28. The van der Waals surface area contributed by atoms with E-state index < -0.39 is 35.1 Å². The Morgan fingerprint density at radius 1 is 0.957 bits per heavy atom. The fourth-order valence-electron chi connectivity index (χ4n) is 4.81. The number of nitrogens with one attached hydrogen (secondary N) is 3. The van der Waals surface area contributed by atoms with Crippen LogP contribution in [0.2, 0.25) is 0 Å². The van der Waals surface area contributed by atoms with Crippen LogP contribution in [-0.4, -0.2) is 88.6 Å². The molecule has 1 aliphatic rings. The van der Waals surface area contributed by atoms with E-state index in [0.717, 1.165) is 16.5 Å². The molecule has 13 heteroatoms. The first-order valence-electron chi connectivity index (χ1n) is 15.7. The number of ether oxygens (including phenoxy) is 3. The molecule has 0 spiro atoms. The molecular formula is C33H50N6O7. The number of rotatable bonds is 7. The number of alkyl carbamates (subject to hydrolysis) is 1. The van der Waals surface area contributed by atoms with Gasteiger partial charge in [-0.15, -0.1) is 4.99 Å². The van der Waals surface area contributed by atoms with Gasteiger partial charge in [0.15, 0.2) is 0 Å². The van der Waals surface area contributed by atoms with Crippen LogP contribution < -0.4 is 16.0 Å². The van der Waals surface area contributed by atoms with Gasteiger partial charge in [0.2, 0.25) is 11.9 Å². The number of para-hydroxylation sites is 1. The lowest BCUT2D eigenvalue weighted by Gasteiger charge is -2.33. The van der Waals surface area contributed by atoms with Gasteiger partial charge in [-0.25, -0.2) is 14.4 Å². The third-order valence-electron chi connectivity index (χ3n) is 6.60. The van der Waals surface area contributed by atoms with Crippen LogP contribution in [0.15, 0.2) is 35.5 Å². The standard InChI is InChI=1S/C33H50N6O7/c1-31(2,3)44-28(41)36-27(37-29(42)45-32(4,5)6)35-17-12-14-24-26(40)38(20-18-34-24)19-16-22-21-39(30(43)46-33(7,8)9)25-15-11-10-13-23(22)25/h10-11,13,15,21,24,34H,12,14,16-20H2,1-9H3,(H2,35,36,37,41,42)/t24-/m0/s1. The average molecular weight is 643 g/mol. The Balaban J connectivity index is 1.58. The van der Waals surface area contributed by atoms with Gasteiger partial charge in [-0.2, -0.15) is 0 Å². The normalized spacial score (nSPS) is 16.3. The number of carbonyl (C=O) groups is 4. The van der Waals surface area contributed by atoms with Crippen molar-refractivity contribution in [3.63, 3.8) is 0 Å². The summed E-state index contributed by atoms with van der Waals surface area (Å²) in [6.07, 6.45) is 1.38. The van der Waals surface area contributed by atoms with E-state index in [1.807, 2.05) is 49.9 Å². The number of amides is 3. The van der Waals surface area contributed by atoms with Crippen molar-refractivity contribution in [2.75, 3.05) is 26.2 Å². The molecule has 0 radical (unpaired) electrons. The van der Waals surface area contributed by atoms with Gasteiger partial charge in [0, 0.05) is 37.8 Å². The van der Waals surface area contributed by atoms with E-state index in [-0.39, 0.29) is 17.9 Å². The van der Waals surface area contributed by atoms with Gasteiger partial charge in [-0.3, -0.25) is 14.7 Å². The van der Waals surface area contributed by atoms with E-state index in [2.05, 4.69) is 20.9 Å². The van der Waals surface area contributed by atoms with Crippen molar-refractivity contribution in [3.8, 4) is 0 Å². The molecule has 0 aliphatic carbocycles. The van der Waals surface area contributed by atoms with E-state index >= 15 is 0 Å². The predicted molar refractivity (Wildman–Crippen MR) is 176 cm³/mol. The van der Waals surface area contributed by atoms with Crippen LogP contribution in [0.5, 0.6) is 0 Å². The summed E-state index contributed by atoms with van der Waals surface area (Å²) in [5.74, 6) is -0.102. The molecule has 2 heterocycles. The maximum absolute atomic E-state index is 13.4. The van der Waals surface area contributed by atoms with Crippen LogP contribution >= 0.6 is 0 Å². The summed E-state index contributed by atoms with van der Waals surface area (Å²) in [6.45, 7) is 17.9. The van der Waals surface area contributed by atoms with Crippen molar-refractivity contribution in [2.45, 2.75) is 104 Å². The quantitative estimate of drug-likeness (QED) is 0.165. The Bertz CT molecular complexity index is 1430. The predicted octanol–water partition coefficient (Wildman–Crippen LogP) is 4.95. The van der Waals surface area contributed by atoms with Crippen molar-refractivity contribution < 1.29 is 33.4 Å². The van der Waals surface area contributed by atoms with E-state index in [1.165, 1.54) is 4.57 Å². The number of aromatic nitrogens is 1. The highest BCUT2D eigenvalue weighted by molar-refractivity contribution is 5.99. The number of guanidine groups is 1. The molecule has 0 saturated carbocycles. The van der Waals surface area contributed by atoms with Crippen LogP contribution in [-0.2, 0) is 25.4 Å². The summed E-state index contributed by atoms with van der Waals surface area (Å²) in [5, 5.41) is 9.66. The zero-order chi connectivity index (χ0) is 34.3. The number of carbonyl (C=O) groups excluding carboxylic acids is 4. The summed E-state index contributed by atoms with van der Waals surface area (Å²) in [4.78, 5) is 56.6. The topological polar surface area (TPSA) is 153 Å². The first-order valence-corrected chi connectivity index (χ1v) is 15.7. The third kappa shape index (κ3) is 11.7. The molecular weight excluding hydrogens is 592 g/mol. The Hall–Kier alpha value is -4.13. The molecule has 1 aromatic heterocycles. The van der Waals surface area contributed by atoms with E-state index in [1.54, 1.807) is 47.7 Å². The third-order valence-corrected chi connectivity index (χ3v) is 6.60. The summed E-state index contributed by atoms with van der Waals surface area (Å²) in [6, 6.07) is 7.28. The Kier molecular flexibility index (Phi) is 11.8. The lowest BCUT2D eigenvalue weighted by Crippen LogP contribution is -2.55. The molecule has 1 fully saturated rings. The molecule has 2 aromatic rings. The number of aliphatic imine (C=N–C) groups is 1. The summed E-state index contributed by atoms with van der Waals surface area (Å²) in [7, 11) is 0. The lowest BCUT2D eigenvalue weighted by atomic mass is 10.1. The maximum Gasteiger partial charge on any atom is 0.437 e. The van der Waals surface area contributed by atoms with Crippen molar-refractivity contribution in [3.05, 3.63) is 36.0 Å². The van der Waals surface area contributed by atoms with Gasteiger partial charge in [-0.1, -0.05) is 18.2 Å². The maximum atomic E-state index is 13.4. The van der Waals surface area contributed by atoms with E-state index in [4.69, 9.17) is 14.2 Å². The fraction of sp³-hybridized carbons (Fsp3) is 0.606. The molecule has 1 aliphatic heterocycles. The molecule has 46 heavy (non-hydrogen) atoms. The smallest absolute Gasteiger partial charge is 0.437 e. The van der Waals surface area contributed by atoms with Crippen LogP contribution in [0.4, 0.5) is 14.4 Å². The van der Waals surface area contributed by atoms with Crippen LogP contribution in [0.1, 0.15) is 80.7 Å². The Morgan fingerprint density at radius 3 is 2.26 bits per heavy atom. The molecule has 3 amide bonds. The zero-order valence-corrected chi connectivity index (χ0v) is 28.6. The molecule has 13 nitrogen and oxygen atoms in total. The second kappa shape index (κ2) is 15.0. The van der Waals surface area contributed by atoms with Crippen LogP contribution in [0, 0.1) is 0 Å². The fourth-order valence-corrected chi connectivity index (χ4v) is 4.81. The number of hydrogen-bond acceptors (Lipinski definition) is 8. The van der Waals surface area contributed by atoms with Gasteiger partial charge < -0.3 is 29.7 Å². The highest BCUT2D eigenvalue weighted by Crippen LogP contribution is 2.24. The first-order chi connectivity index (χ1) is 21.3. The second-order valence-corrected chi connectivity index (χ2v) is 14.2. The van der Waals surface area contributed by atoms with Crippen molar-refractivity contribution in [1.82, 2.24) is 25.4 Å². The van der Waals surface area contributed by atoms with E-state index in [0.29, 0.717) is 45.4 Å². The Labute approximate surface area is 271 Å². The summed E-state index contributed by atoms with van der Waals surface area (Å²) in [5.41, 5.74) is -0.398. The number of nitrogens with zero attached hydrogens (tertiary/aromatic N) is 3. The van der Waals surface area contributed by atoms with Gasteiger partial charge in [0.05, 0.1) is 11.6 Å². The summed E-state index contributed by atoms with van der Waals surface area (Å²) >= 11 is 0. The molecule has 1 saturated heterocycles. The average Bonchev–Trinajstić information content (AvgIpc) is 3.27. The number of benzene rings is 1. The first kappa shape index (κ1) is 36.3. The van der Waals surface area contributed by atoms with Gasteiger partial charge in [0.1, 0.15) is 16.8 Å². The summed E-state index contributed by atoms with van der Waals surface area (Å²) < 4.78 is 17.7. The largest absolute Gasteiger partial charge is 0.444 e.